The van der Waals surface area contributed by atoms with Crippen LogP contribution in [0.25, 0.3) is 0 Å². The zero-order valence-corrected chi connectivity index (χ0v) is 22.1. The third kappa shape index (κ3) is 5.22. The fraction of sp³-hybridized carbons (Fsp3) is 0.276. The lowest BCUT2D eigenvalue weighted by Gasteiger charge is -2.35. The van der Waals surface area contributed by atoms with Gasteiger partial charge in [-0.05, 0) is 62.1 Å². The normalized spacial score (nSPS) is 22.3. The first-order chi connectivity index (χ1) is 18.9. The van der Waals surface area contributed by atoms with Gasteiger partial charge < -0.3 is 15.0 Å². The molecule has 3 aliphatic rings. The van der Waals surface area contributed by atoms with Crippen molar-refractivity contribution in [3.05, 3.63) is 95.2 Å². The molecule has 39 heavy (non-hydrogen) atoms. The summed E-state index contributed by atoms with van der Waals surface area (Å²) < 4.78 is 4.90. The molecule has 3 N–H and O–H groups in total. The second kappa shape index (κ2) is 11.2. The van der Waals surface area contributed by atoms with Crippen molar-refractivity contribution in [3.63, 3.8) is 0 Å². The molecule has 2 atom stereocenters. The summed E-state index contributed by atoms with van der Waals surface area (Å²) in [6, 6.07) is 10.6. The Morgan fingerprint density at radius 1 is 1.26 bits per heavy atom. The van der Waals surface area contributed by atoms with Crippen LogP contribution in [0.4, 0.5) is 5.82 Å². The van der Waals surface area contributed by atoms with Gasteiger partial charge in [-0.25, -0.2) is 4.98 Å². The number of carbonyl (C=O) groups is 2. The van der Waals surface area contributed by atoms with E-state index in [9.17, 15) is 9.59 Å². The molecule has 10 nitrogen and oxygen atoms in total. The number of fused-ring (bicyclic) bond motifs is 1. The Hall–Kier alpha value is -4.25. The number of amides is 2. The van der Waals surface area contributed by atoms with E-state index in [2.05, 4.69) is 15.3 Å². The minimum absolute atomic E-state index is 0.0774. The summed E-state index contributed by atoms with van der Waals surface area (Å²) in [5.74, 6) is 7.74. The zero-order valence-electron chi connectivity index (χ0n) is 22.1. The molecule has 2 amide bonds. The number of aliphatic imine (C=N–C) groups is 2. The summed E-state index contributed by atoms with van der Waals surface area (Å²) in [7, 11) is 1.59. The number of carbonyl (C=O) groups excluding carboxylic acids is 2. The number of ether oxygens (including phenoxy) is 1. The predicted octanol–water partition coefficient (Wildman–Crippen LogP) is 3.44. The Morgan fingerprint density at radius 3 is 2.90 bits per heavy atom. The van der Waals surface area contributed by atoms with Crippen molar-refractivity contribution in [2.45, 2.75) is 32.2 Å². The summed E-state index contributed by atoms with van der Waals surface area (Å²) in [5, 5.41) is 2.81. The molecule has 0 saturated carbocycles. The van der Waals surface area contributed by atoms with Crippen LogP contribution < -0.4 is 11.2 Å². The van der Waals surface area contributed by atoms with Crippen LogP contribution in [0, 0.1) is 6.92 Å². The number of amidine groups is 1. The van der Waals surface area contributed by atoms with E-state index in [1.807, 2.05) is 30.0 Å². The number of pyridine rings is 1. The monoisotopic (exact) mass is 526 g/mol. The van der Waals surface area contributed by atoms with E-state index in [0.717, 1.165) is 41.8 Å². The van der Waals surface area contributed by atoms with E-state index in [1.165, 1.54) is 0 Å². The highest BCUT2D eigenvalue weighted by molar-refractivity contribution is 6.06. The summed E-state index contributed by atoms with van der Waals surface area (Å²) in [4.78, 5) is 41.4. The molecule has 1 saturated heterocycles. The number of methoxy groups -OCH3 is 1. The first-order valence-corrected chi connectivity index (χ1v) is 12.9. The lowest BCUT2D eigenvalue weighted by Crippen LogP contribution is -2.53. The van der Waals surface area contributed by atoms with Gasteiger partial charge in [0.1, 0.15) is 17.7 Å². The van der Waals surface area contributed by atoms with E-state index >= 15 is 0 Å². The molecule has 5 rings (SSSR count). The van der Waals surface area contributed by atoms with Gasteiger partial charge in [0.05, 0.1) is 30.6 Å². The van der Waals surface area contributed by atoms with Crippen LogP contribution >= 0.6 is 0 Å². The second-order valence-electron chi connectivity index (χ2n) is 9.66. The highest BCUT2D eigenvalue weighted by Gasteiger charge is 2.47. The van der Waals surface area contributed by atoms with Crippen molar-refractivity contribution in [1.82, 2.24) is 9.88 Å². The number of hydrogen-bond donors (Lipinski definition) is 2. The third-order valence-corrected chi connectivity index (χ3v) is 7.08. The van der Waals surface area contributed by atoms with E-state index in [-0.39, 0.29) is 22.4 Å². The standard InChI is InChI=1S/C29H31N7O3/c1-20-18-21(29(38)33-25-9-3-5-13-32-25)11-12-22(20)28-34-27(24-19-31-14-16-36(24,28)30)23-8-4-6-15-35(23)26(37)10-7-17-39-2/h3,5,7,9-14,16,18-19,23H,4,6,8,15,17,30H2,1-2H3/p+1/b10-7+/t23-,36?/m0/s1. The average molecular weight is 527 g/mol. The Bertz CT molecular complexity index is 1430. The van der Waals surface area contributed by atoms with Crippen LogP contribution in [0.3, 0.4) is 0 Å². The van der Waals surface area contributed by atoms with Gasteiger partial charge in [-0.15, -0.1) is 4.59 Å². The summed E-state index contributed by atoms with van der Waals surface area (Å²) >= 11 is 0. The number of anilines is 1. The quantitative estimate of drug-likeness (QED) is 0.325. The Balaban J connectivity index is 1.47. The minimum Gasteiger partial charge on any atom is -0.381 e. The number of nitrogens with zero attached hydrogens (tertiary/aromatic N) is 5. The van der Waals surface area contributed by atoms with Crippen molar-refractivity contribution >= 4 is 29.7 Å². The van der Waals surface area contributed by atoms with Crippen molar-refractivity contribution < 1.29 is 18.9 Å². The van der Waals surface area contributed by atoms with Gasteiger partial charge >= 0.3 is 0 Å². The van der Waals surface area contributed by atoms with Gasteiger partial charge in [-0.1, -0.05) is 12.1 Å². The third-order valence-electron chi connectivity index (χ3n) is 7.08. The first kappa shape index (κ1) is 26.4. The Kier molecular flexibility index (Phi) is 7.60. The van der Waals surface area contributed by atoms with Crippen molar-refractivity contribution in [2.75, 3.05) is 25.6 Å². The molecule has 10 heteroatoms. The molecule has 0 bridgehead atoms. The molecule has 0 aliphatic carbocycles. The van der Waals surface area contributed by atoms with Gasteiger partial charge in [0, 0.05) is 31.5 Å². The fourth-order valence-corrected chi connectivity index (χ4v) is 5.13. The molecule has 1 fully saturated rings. The predicted molar refractivity (Wildman–Crippen MR) is 149 cm³/mol. The second-order valence-corrected chi connectivity index (χ2v) is 9.66. The zero-order chi connectivity index (χ0) is 27.4. The van der Waals surface area contributed by atoms with E-state index < -0.39 is 0 Å². The van der Waals surface area contributed by atoms with Crippen LogP contribution in [0.15, 0.2) is 88.5 Å². The van der Waals surface area contributed by atoms with Gasteiger partial charge in [0.25, 0.3) is 11.7 Å². The lowest BCUT2D eigenvalue weighted by atomic mass is 9.98. The van der Waals surface area contributed by atoms with Crippen molar-refractivity contribution in [2.24, 2.45) is 15.8 Å². The Labute approximate surface area is 227 Å². The summed E-state index contributed by atoms with van der Waals surface area (Å²) in [6.45, 7) is 2.94. The van der Waals surface area contributed by atoms with Gasteiger partial charge in [-0.3, -0.25) is 14.6 Å². The minimum atomic E-state index is -0.254. The number of aromatic nitrogens is 1. The maximum Gasteiger partial charge on any atom is 0.265 e. The molecule has 4 heterocycles. The van der Waals surface area contributed by atoms with E-state index in [4.69, 9.17) is 15.6 Å². The molecule has 1 aromatic carbocycles. The number of quaternary nitrogens is 1. The maximum absolute atomic E-state index is 13.1. The van der Waals surface area contributed by atoms with E-state index in [1.54, 1.807) is 62.3 Å². The molecule has 0 radical (unpaired) electrons. The number of benzene rings is 1. The highest BCUT2D eigenvalue weighted by Crippen LogP contribution is 2.37. The molecule has 200 valence electrons. The number of hydrogen-bond acceptors (Lipinski definition) is 7. The Morgan fingerprint density at radius 2 is 2.13 bits per heavy atom. The summed E-state index contributed by atoms with van der Waals surface area (Å²) in [5.41, 5.74) is 3.63. The lowest BCUT2D eigenvalue weighted by molar-refractivity contribution is -0.750. The largest absolute Gasteiger partial charge is 0.381 e. The maximum atomic E-state index is 13.1. The SMILES string of the molecule is COC/C=C/C(=O)N1CCCC[C@H]1C1=C2C=NC=C[N+]2(N)C(c2ccc(C(=O)Nc3ccccn3)cc2C)=N1. The van der Waals surface area contributed by atoms with Crippen molar-refractivity contribution in [1.29, 1.82) is 0 Å². The fourth-order valence-electron chi connectivity index (χ4n) is 5.13. The number of allylic oxidation sites excluding steroid dienone is 1. The van der Waals surface area contributed by atoms with Crippen LogP contribution in [-0.4, -0.2) is 64.6 Å². The molecular formula is C29H32N7O3+. The van der Waals surface area contributed by atoms with Crippen LogP contribution in [0.2, 0.25) is 0 Å². The van der Waals surface area contributed by atoms with Crippen LogP contribution in [0.5, 0.6) is 0 Å². The van der Waals surface area contributed by atoms with Gasteiger partial charge in [-0.2, -0.15) is 10.8 Å². The molecule has 1 unspecified atom stereocenters. The van der Waals surface area contributed by atoms with Gasteiger partial charge in [0.2, 0.25) is 11.6 Å². The first-order valence-electron chi connectivity index (χ1n) is 12.9. The topological polar surface area (TPSA) is 122 Å². The number of piperidine rings is 1. The molecule has 2 aromatic rings. The van der Waals surface area contributed by atoms with Crippen molar-refractivity contribution in [3.8, 4) is 0 Å². The molecule has 3 aliphatic heterocycles. The molecule has 1 aromatic heterocycles. The van der Waals surface area contributed by atoms with Crippen LogP contribution in [0.1, 0.15) is 40.7 Å². The molecular weight excluding hydrogens is 494 g/mol. The van der Waals surface area contributed by atoms with E-state index in [0.29, 0.717) is 30.4 Å². The number of aryl methyl sites for hydroxylation is 1. The number of nitrogens with two attached hydrogens (primary N) is 1. The smallest absolute Gasteiger partial charge is 0.265 e. The number of nitrogens with one attached hydrogen (secondary N) is 1. The highest BCUT2D eigenvalue weighted by atomic mass is 16.5. The average Bonchev–Trinajstić information content (AvgIpc) is 3.26. The number of rotatable bonds is 7. The summed E-state index contributed by atoms with van der Waals surface area (Å²) in [6.07, 6.45) is 12.8. The van der Waals surface area contributed by atoms with Gasteiger partial charge in [0.15, 0.2) is 0 Å². The van der Waals surface area contributed by atoms with Crippen LogP contribution in [-0.2, 0) is 9.53 Å². The molecule has 0 spiro atoms. The number of likely N-dealkylation sites (tertiary alicyclic amines) is 1.